The largest absolute Gasteiger partial charge is 0.390 e. The zero-order valence-electron chi connectivity index (χ0n) is 16.4. The Labute approximate surface area is 162 Å². The van der Waals surface area contributed by atoms with Gasteiger partial charge in [0.05, 0.1) is 22.5 Å². The van der Waals surface area contributed by atoms with Crippen LogP contribution < -0.4 is 10.6 Å². The van der Waals surface area contributed by atoms with Gasteiger partial charge in [-0.3, -0.25) is 14.3 Å². The number of amides is 2. The highest BCUT2D eigenvalue weighted by atomic mass is 16.6. The third-order valence-electron chi connectivity index (χ3n) is 4.18. The molecule has 2 heterocycles. The second-order valence-corrected chi connectivity index (χ2v) is 6.26. The fraction of sp³-hybridized carbons (Fsp3) is 0.529. The molecule has 0 aromatic carbocycles. The van der Waals surface area contributed by atoms with Crippen molar-refractivity contribution in [3.05, 3.63) is 33.8 Å². The standard InChI is InChI=1S/C17H25N7O4/c1-5-8-18-17(26)15-12(10-22(7-3)21-15)19-16(25)13(6-2)23-11(4)9-14(20-23)24(27)28/h9-10,13H,5-8H2,1-4H3,(H,18,26)(H,19,25). The topological polar surface area (TPSA) is 137 Å². The summed E-state index contributed by atoms with van der Waals surface area (Å²) in [4.78, 5) is 35.5. The van der Waals surface area contributed by atoms with Gasteiger partial charge >= 0.3 is 5.82 Å². The van der Waals surface area contributed by atoms with Crippen LogP contribution >= 0.6 is 0 Å². The van der Waals surface area contributed by atoms with Gasteiger partial charge in [-0.1, -0.05) is 13.8 Å². The van der Waals surface area contributed by atoms with Crippen molar-refractivity contribution in [1.82, 2.24) is 24.9 Å². The van der Waals surface area contributed by atoms with Crippen LogP contribution in [-0.4, -0.2) is 42.8 Å². The second-order valence-electron chi connectivity index (χ2n) is 6.26. The van der Waals surface area contributed by atoms with E-state index < -0.39 is 16.9 Å². The lowest BCUT2D eigenvalue weighted by Crippen LogP contribution is -2.29. The third kappa shape index (κ3) is 4.53. The Morgan fingerprint density at radius 2 is 2.00 bits per heavy atom. The first-order valence-electron chi connectivity index (χ1n) is 9.19. The second kappa shape index (κ2) is 9.11. The summed E-state index contributed by atoms with van der Waals surface area (Å²) in [5.41, 5.74) is 0.916. The van der Waals surface area contributed by atoms with E-state index in [1.807, 2.05) is 13.8 Å². The van der Waals surface area contributed by atoms with Crippen molar-refractivity contribution in [2.45, 2.75) is 53.1 Å². The van der Waals surface area contributed by atoms with Crippen LogP contribution in [0.3, 0.4) is 0 Å². The van der Waals surface area contributed by atoms with E-state index in [2.05, 4.69) is 20.8 Å². The first-order chi connectivity index (χ1) is 13.3. The Bertz CT molecular complexity index is 871. The molecule has 1 atom stereocenters. The van der Waals surface area contributed by atoms with Gasteiger partial charge in [0.1, 0.15) is 0 Å². The minimum Gasteiger partial charge on any atom is -0.358 e. The molecule has 0 fully saturated rings. The predicted molar refractivity (Wildman–Crippen MR) is 102 cm³/mol. The molecule has 0 spiro atoms. The van der Waals surface area contributed by atoms with Crippen LogP contribution in [0.25, 0.3) is 0 Å². The Morgan fingerprint density at radius 1 is 1.29 bits per heavy atom. The zero-order chi connectivity index (χ0) is 20.8. The highest BCUT2D eigenvalue weighted by Crippen LogP contribution is 2.22. The number of aromatic nitrogens is 4. The lowest BCUT2D eigenvalue weighted by molar-refractivity contribution is -0.389. The lowest BCUT2D eigenvalue weighted by atomic mass is 10.2. The molecule has 152 valence electrons. The molecule has 0 bridgehead atoms. The predicted octanol–water partition coefficient (Wildman–Crippen LogP) is 2.05. The van der Waals surface area contributed by atoms with Gasteiger partial charge in [0.25, 0.3) is 11.8 Å². The minimum atomic E-state index is -0.759. The van der Waals surface area contributed by atoms with Crippen LogP contribution in [0.2, 0.25) is 0 Å². The number of aryl methyl sites for hydroxylation is 2. The molecule has 0 aliphatic carbocycles. The smallest absolute Gasteiger partial charge is 0.358 e. The summed E-state index contributed by atoms with van der Waals surface area (Å²) < 4.78 is 2.88. The Balaban J connectivity index is 2.28. The molecule has 1 unspecified atom stereocenters. The quantitative estimate of drug-likeness (QED) is 0.496. The van der Waals surface area contributed by atoms with Gasteiger partial charge in [-0.05, 0) is 31.6 Å². The van der Waals surface area contributed by atoms with Gasteiger partial charge in [0, 0.05) is 19.3 Å². The summed E-state index contributed by atoms with van der Waals surface area (Å²) in [5, 5.41) is 24.6. The molecule has 11 nitrogen and oxygen atoms in total. The van der Waals surface area contributed by atoms with E-state index >= 15 is 0 Å². The van der Waals surface area contributed by atoms with Crippen LogP contribution in [0.5, 0.6) is 0 Å². The SMILES string of the molecule is CCCNC(=O)c1nn(CC)cc1NC(=O)C(CC)n1nc([N+](=O)[O-])cc1C. The Kier molecular flexibility index (Phi) is 6.85. The first-order valence-corrected chi connectivity index (χ1v) is 9.19. The summed E-state index contributed by atoms with van der Waals surface area (Å²) in [6, 6.07) is 0.555. The number of carbonyl (C=O) groups is 2. The monoisotopic (exact) mass is 391 g/mol. The van der Waals surface area contributed by atoms with E-state index in [0.717, 1.165) is 6.42 Å². The number of hydrogen-bond donors (Lipinski definition) is 2. The van der Waals surface area contributed by atoms with Crippen molar-refractivity contribution in [3.8, 4) is 0 Å². The summed E-state index contributed by atoms with van der Waals surface area (Å²) in [6.45, 7) is 8.26. The summed E-state index contributed by atoms with van der Waals surface area (Å²) >= 11 is 0. The molecule has 0 saturated carbocycles. The van der Waals surface area contributed by atoms with Gasteiger partial charge in [-0.15, -0.1) is 0 Å². The van der Waals surface area contributed by atoms with E-state index in [9.17, 15) is 19.7 Å². The number of anilines is 1. The van der Waals surface area contributed by atoms with Crippen molar-refractivity contribution in [3.63, 3.8) is 0 Å². The molecule has 0 radical (unpaired) electrons. The highest BCUT2D eigenvalue weighted by molar-refractivity contribution is 6.03. The van der Waals surface area contributed by atoms with Crippen LogP contribution in [0.4, 0.5) is 11.5 Å². The average Bonchev–Trinajstić information content (AvgIpc) is 3.24. The maximum absolute atomic E-state index is 12.9. The molecule has 11 heteroatoms. The van der Waals surface area contributed by atoms with Crippen LogP contribution in [0.1, 0.15) is 55.8 Å². The van der Waals surface area contributed by atoms with E-state index in [1.54, 1.807) is 24.7 Å². The molecule has 2 aromatic rings. The molecule has 2 aromatic heterocycles. The molecule has 28 heavy (non-hydrogen) atoms. The van der Waals surface area contributed by atoms with Crippen molar-refractivity contribution in [2.24, 2.45) is 0 Å². The fourth-order valence-corrected chi connectivity index (χ4v) is 2.73. The molecule has 0 saturated heterocycles. The molecule has 0 aliphatic heterocycles. The van der Waals surface area contributed by atoms with Gasteiger partial charge in [0.2, 0.25) is 0 Å². The van der Waals surface area contributed by atoms with E-state index in [1.165, 1.54) is 10.7 Å². The van der Waals surface area contributed by atoms with Gasteiger partial charge in [0.15, 0.2) is 11.7 Å². The minimum absolute atomic E-state index is 0.127. The number of nitro groups is 1. The van der Waals surface area contributed by atoms with Crippen molar-refractivity contribution < 1.29 is 14.5 Å². The molecular formula is C17H25N7O4. The van der Waals surface area contributed by atoms with Gasteiger partial charge < -0.3 is 20.7 Å². The number of nitrogens with one attached hydrogen (secondary N) is 2. The summed E-state index contributed by atoms with van der Waals surface area (Å²) in [7, 11) is 0. The maximum atomic E-state index is 12.9. The zero-order valence-corrected chi connectivity index (χ0v) is 16.4. The number of hydrogen-bond acceptors (Lipinski definition) is 6. The molecule has 2 N–H and O–H groups in total. The van der Waals surface area contributed by atoms with Gasteiger partial charge in [-0.2, -0.15) is 9.78 Å². The van der Waals surface area contributed by atoms with Gasteiger partial charge in [-0.25, -0.2) is 0 Å². The normalized spacial score (nSPS) is 11.9. The molecular weight excluding hydrogens is 366 g/mol. The van der Waals surface area contributed by atoms with Crippen LogP contribution in [0.15, 0.2) is 12.3 Å². The maximum Gasteiger partial charge on any atom is 0.390 e. The first kappa shape index (κ1) is 21.1. The van der Waals surface area contributed by atoms with Crippen molar-refractivity contribution in [2.75, 3.05) is 11.9 Å². The Hall–Kier alpha value is -3.24. The molecule has 0 aliphatic rings. The lowest BCUT2D eigenvalue weighted by Gasteiger charge is -2.14. The number of rotatable bonds is 9. The van der Waals surface area contributed by atoms with E-state index in [4.69, 9.17) is 0 Å². The number of carbonyl (C=O) groups excluding carboxylic acids is 2. The fourth-order valence-electron chi connectivity index (χ4n) is 2.73. The van der Waals surface area contributed by atoms with E-state index in [-0.39, 0.29) is 17.4 Å². The van der Waals surface area contributed by atoms with Crippen molar-refractivity contribution in [1.29, 1.82) is 0 Å². The summed E-state index contributed by atoms with van der Waals surface area (Å²) in [5.74, 6) is -1.12. The molecule has 2 amide bonds. The Morgan fingerprint density at radius 3 is 2.54 bits per heavy atom. The highest BCUT2D eigenvalue weighted by Gasteiger charge is 2.28. The number of nitrogens with zero attached hydrogens (tertiary/aromatic N) is 5. The average molecular weight is 391 g/mol. The van der Waals surface area contributed by atoms with E-state index in [0.29, 0.717) is 30.9 Å². The van der Waals surface area contributed by atoms with Crippen LogP contribution in [0, 0.1) is 17.0 Å². The van der Waals surface area contributed by atoms with Crippen molar-refractivity contribution >= 4 is 23.3 Å². The van der Waals surface area contributed by atoms with Crippen LogP contribution in [-0.2, 0) is 11.3 Å². The molecule has 2 rings (SSSR count). The third-order valence-corrected chi connectivity index (χ3v) is 4.18. The summed E-state index contributed by atoms with van der Waals surface area (Å²) in [6.07, 6.45) is 2.73.